The first-order chi connectivity index (χ1) is 19.4. The summed E-state index contributed by atoms with van der Waals surface area (Å²) in [5, 5.41) is 61.0. The van der Waals surface area contributed by atoms with Gasteiger partial charge in [-0.1, -0.05) is 14.9 Å². The molecule has 0 aromatic rings. The minimum atomic E-state index is -0.500. The van der Waals surface area contributed by atoms with Crippen LogP contribution in [0.1, 0.15) is 16.3 Å². The number of hydrogen-bond donors (Lipinski definition) is 1. The molecular formula is C21H55N4Na8O22-. The van der Waals surface area contributed by atoms with E-state index in [9.17, 15) is 0 Å². The van der Waals surface area contributed by atoms with Crippen LogP contribution in [0.25, 0.3) is 0 Å². The molecule has 6 N–H and O–H groups in total. The van der Waals surface area contributed by atoms with Crippen LogP contribution in [-0.2, 0) is 57.8 Å². The van der Waals surface area contributed by atoms with Crippen LogP contribution < -0.4 is 278 Å². The Bertz CT molecular complexity index is 433. The van der Waals surface area contributed by atoms with Crippen LogP contribution in [-0.4, -0.2) is 160 Å². The van der Waals surface area contributed by atoms with Crippen LogP contribution in [0, 0.1) is 0 Å². The van der Waals surface area contributed by atoms with Crippen molar-refractivity contribution in [3.63, 3.8) is 0 Å². The van der Waals surface area contributed by atoms with Crippen molar-refractivity contribution < 1.29 is 348 Å². The second-order valence-corrected chi connectivity index (χ2v) is 5.57. The summed E-state index contributed by atoms with van der Waals surface area (Å²) in [4.78, 5) is 89.0. The second-order valence-electron chi connectivity index (χ2n) is 5.57. The maximum Gasteiger partial charge on any atom is 1.00 e. The van der Waals surface area contributed by atoms with E-state index in [-0.39, 0.29) is 295 Å². The monoisotopic (exact) mass is 899 g/mol. The van der Waals surface area contributed by atoms with Gasteiger partial charge in [0.2, 0.25) is 0 Å². The number of nitrogens with one attached hydrogen (secondary N) is 1. The van der Waals surface area contributed by atoms with Crippen molar-refractivity contribution in [2.24, 2.45) is 0 Å². The van der Waals surface area contributed by atoms with E-state index in [0.29, 0.717) is 0 Å². The average Bonchev–Trinajstić information content (AvgIpc) is 2.86. The third kappa shape index (κ3) is 4450. The summed E-state index contributed by atoms with van der Waals surface area (Å²) in [6, 6.07) is 0. The van der Waals surface area contributed by atoms with E-state index in [1.807, 2.05) is 92.2 Å². The molecule has 0 unspecified atom stereocenters. The van der Waals surface area contributed by atoms with Crippen LogP contribution in [0.5, 0.6) is 0 Å². The number of rotatable bonds is 3. The number of hydrogen-bond acceptors (Lipinski definition) is 24. The molecule has 26 nitrogen and oxygen atoms in total. The van der Waals surface area contributed by atoms with Crippen LogP contribution in [0.15, 0.2) is 0 Å². The molecule has 0 amide bonds. The molecule has 0 aliphatic carbocycles. The van der Waals surface area contributed by atoms with Crippen molar-refractivity contribution in [2.75, 3.05) is 77.5 Å². The molecule has 0 heterocycles. The van der Waals surface area contributed by atoms with Gasteiger partial charge in [0.1, 0.15) is 0 Å². The molecule has 300 valence electrons. The zero-order valence-electron chi connectivity index (χ0n) is 35.6. The summed E-state index contributed by atoms with van der Waals surface area (Å²) >= 11 is 0. The van der Waals surface area contributed by atoms with Gasteiger partial charge in [-0.05, 0) is 77.5 Å². The maximum absolute atomic E-state index is 8.64. The van der Waals surface area contributed by atoms with Gasteiger partial charge in [0.15, 0.2) is 0 Å². The quantitative estimate of drug-likeness (QED) is 0.119. The van der Waals surface area contributed by atoms with Gasteiger partial charge < -0.3 is 108 Å². The third-order valence-electron chi connectivity index (χ3n) is 0.118. The zero-order chi connectivity index (χ0) is 37.2. The van der Waals surface area contributed by atoms with E-state index in [0.717, 1.165) is 0 Å². The van der Waals surface area contributed by atoms with E-state index in [1.54, 1.807) is 0 Å². The Morgan fingerprint density at radius 3 is 0.473 bits per heavy atom. The van der Waals surface area contributed by atoms with Gasteiger partial charge in [-0.15, -0.1) is 0 Å². The Labute approximate surface area is 503 Å². The fraction of sp³-hybridized carbons (Fsp3) is 0.619. The molecule has 0 bridgehead atoms. The van der Waals surface area contributed by atoms with Crippen LogP contribution in [0.4, 0.5) is 0 Å². The average molecular weight is 900 g/mol. The first-order valence-electron chi connectivity index (χ1n) is 9.23. The Hall–Kier alpha value is 3.27. The molecule has 0 saturated carbocycles. The van der Waals surface area contributed by atoms with Gasteiger partial charge in [0, 0.05) is 25.9 Å². The van der Waals surface area contributed by atoms with Crippen molar-refractivity contribution in [3.8, 4) is 0 Å². The molecule has 0 saturated heterocycles. The van der Waals surface area contributed by atoms with E-state index in [1.165, 1.54) is 0 Å². The molecule has 0 radical (unpaired) electrons. The van der Waals surface area contributed by atoms with Crippen LogP contribution >= 0.6 is 0 Å². The summed E-state index contributed by atoms with van der Waals surface area (Å²) in [6.07, 6.45) is 0.250. The van der Waals surface area contributed by atoms with E-state index in [2.05, 4.69) is 20.0 Å². The van der Waals surface area contributed by atoms with Crippen LogP contribution in [0.3, 0.4) is 0 Å². The molecule has 0 aromatic carbocycles. The van der Waals surface area contributed by atoms with Gasteiger partial charge in [0.25, 0.3) is 19.4 Å². The second kappa shape index (κ2) is 308. The molecule has 0 aliphatic rings. The Morgan fingerprint density at radius 2 is 0.473 bits per heavy atom. The molecule has 34 heteroatoms. The first kappa shape index (κ1) is 173. The third-order valence-corrected chi connectivity index (χ3v) is 0.118. The Balaban J connectivity index is -0.00000000716. The van der Waals surface area contributed by atoms with Crippen molar-refractivity contribution in [2.45, 2.75) is 14.9 Å². The summed E-state index contributed by atoms with van der Waals surface area (Å²) in [7, 11) is 21.8. The van der Waals surface area contributed by atoms with Gasteiger partial charge in [-0.25, -0.2) is 0 Å². The van der Waals surface area contributed by atoms with Crippen LogP contribution in [0.2, 0.25) is 0 Å². The molecule has 0 fully saturated rings. The topological polar surface area (TPSA) is 457 Å². The standard InChI is InChI=1S/3C3H9N.C2H7N.3CH2O3.4CH2O2.CO2.2CH4.8Na.3H2O.H/c3*1-4(2)3;1-3-2;3*2-1-4-3;5*2-1-3;;;;;;;;;;;;;;/h3*1-3H3;3H,1-2H3;3*1,3H;4*1H,(H,2,3);;2*1H4;;;;;;;;;3*1H2;/q;;;;;;;;;;;;;;8*+1;;;;-1/p-8. The van der Waals surface area contributed by atoms with E-state index in [4.69, 9.17) is 79.3 Å². The smallest absolute Gasteiger partial charge is 1.00 e. The molecule has 0 aliphatic heterocycles. The van der Waals surface area contributed by atoms with Gasteiger partial charge in [-0.3, -0.25) is 14.4 Å². The Morgan fingerprint density at radius 1 is 0.455 bits per heavy atom. The predicted molar refractivity (Wildman–Crippen MR) is 148 cm³/mol. The Kier molecular flexibility index (Phi) is 966. The van der Waals surface area contributed by atoms with Crippen molar-refractivity contribution in [3.05, 3.63) is 0 Å². The predicted octanol–water partition coefficient (Wildman–Crippen LogP) is -35.9. The minimum absolute atomic E-state index is 0. The fourth-order valence-electron chi connectivity index (χ4n) is 0. The summed E-state index contributed by atoms with van der Waals surface area (Å²) < 4.78 is 0. The van der Waals surface area contributed by atoms with E-state index >= 15 is 0 Å². The maximum atomic E-state index is 8.64. The molecule has 0 atom stereocenters. The molecule has 0 spiro atoms. The zero-order valence-corrected chi connectivity index (χ0v) is 50.6. The first-order valence-corrected chi connectivity index (χ1v) is 9.23. The van der Waals surface area contributed by atoms with Gasteiger partial charge >= 0.3 is 243 Å². The van der Waals surface area contributed by atoms with Gasteiger partial charge in [0.05, 0.1) is 0 Å². The number of carboxylic acid groups (broad SMARTS) is 4. The minimum Gasteiger partial charge on any atom is -1.00 e. The summed E-state index contributed by atoms with van der Waals surface area (Å²) in [5.41, 5.74) is 0. The molecule has 55 heavy (non-hydrogen) atoms. The van der Waals surface area contributed by atoms with Crippen molar-refractivity contribution >= 4 is 51.5 Å². The van der Waals surface area contributed by atoms with Gasteiger partial charge in [-0.2, -0.15) is 9.59 Å². The van der Waals surface area contributed by atoms with Crippen molar-refractivity contribution in [1.29, 1.82) is 0 Å². The fourth-order valence-corrected chi connectivity index (χ4v) is 0. The number of nitrogens with zero attached hydrogens (tertiary/aromatic N) is 3. The summed E-state index contributed by atoms with van der Waals surface area (Å²) in [5.74, 6) is 0. The summed E-state index contributed by atoms with van der Waals surface area (Å²) in [6.45, 7) is -2.54. The number of carbonyl (C=O) groups is 7. The van der Waals surface area contributed by atoms with Crippen molar-refractivity contribution in [1.82, 2.24) is 20.0 Å². The normalized spacial score (nSPS) is 4.45. The molecule has 0 aromatic heterocycles. The largest absolute Gasteiger partial charge is 1.00 e. The SMILES string of the molecule is C.C.CN(C)C.CN(C)C.CN(C)C.CNC.O.O.O=C=O.O=CO[O-].O=CO[O-].O=CO[O-].O=C[O-].O=C[O-].O=C[O-].O=C[O-].[H-].[Na+].[Na+].[Na+].[Na+].[Na+].[Na+].[Na+].[Na+].[OH-]. The molecular weight excluding hydrogens is 844 g/mol. The molecule has 0 rings (SSSR count). The van der Waals surface area contributed by atoms with E-state index < -0.39 is 25.9 Å². The number of carbonyl (C=O) groups excluding carboxylic acids is 9.